The van der Waals surface area contributed by atoms with Crippen molar-refractivity contribution in [2.45, 2.75) is 6.92 Å². The molecule has 0 radical (unpaired) electrons. The van der Waals surface area contributed by atoms with Crippen molar-refractivity contribution in [3.8, 4) is 40.0 Å². The Morgan fingerprint density at radius 3 is 2.23 bits per heavy atom. The zero-order valence-corrected chi connectivity index (χ0v) is 16.7. The Hall–Kier alpha value is -4.07. The lowest BCUT2D eigenvalue weighted by Gasteiger charge is -2.10. The lowest BCUT2D eigenvalue weighted by Crippen LogP contribution is -2.21. The minimum Gasteiger partial charge on any atom is -0.508 e. The molecule has 4 rings (SSSR count). The van der Waals surface area contributed by atoms with Crippen LogP contribution in [0.4, 0.5) is 0 Å². The van der Waals surface area contributed by atoms with Gasteiger partial charge in [-0.15, -0.1) is 10.2 Å². The van der Waals surface area contributed by atoms with Crippen LogP contribution in [0.25, 0.3) is 34.3 Å². The summed E-state index contributed by atoms with van der Waals surface area (Å²) in [6.45, 7) is 1.81. The fourth-order valence-corrected chi connectivity index (χ4v) is 2.87. The fraction of sp³-hybridized carbons (Fsp3) is 0.136. The van der Waals surface area contributed by atoms with E-state index in [9.17, 15) is 9.90 Å². The molecule has 0 fully saturated rings. The first-order valence-corrected chi connectivity index (χ1v) is 9.21. The molecule has 0 saturated carbocycles. The second kappa shape index (κ2) is 7.75. The van der Waals surface area contributed by atoms with Crippen molar-refractivity contribution in [2.24, 2.45) is 0 Å². The Morgan fingerprint density at radius 2 is 1.57 bits per heavy atom. The van der Waals surface area contributed by atoms with Crippen LogP contribution in [-0.4, -0.2) is 50.2 Å². The number of aromatic hydroxyl groups is 1. The van der Waals surface area contributed by atoms with Crippen LogP contribution in [0, 0.1) is 6.92 Å². The molecule has 2 aromatic carbocycles. The molecule has 4 aromatic rings. The van der Waals surface area contributed by atoms with Gasteiger partial charge in [0.25, 0.3) is 11.8 Å². The van der Waals surface area contributed by atoms with E-state index < -0.39 is 0 Å². The van der Waals surface area contributed by atoms with E-state index in [1.807, 2.05) is 19.1 Å². The first-order valence-electron chi connectivity index (χ1n) is 9.21. The van der Waals surface area contributed by atoms with Crippen molar-refractivity contribution in [1.82, 2.24) is 25.1 Å². The summed E-state index contributed by atoms with van der Waals surface area (Å²) in [4.78, 5) is 22.7. The molecule has 2 aromatic heterocycles. The molecular formula is C22H19N5O3. The molecule has 0 spiro atoms. The van der Waals surface area contributed by atoms with Crippen molar-refractivity contribution in [1.29, 1.82) is 0 Å². The Labute approximate surface area is 172 Å². The average Bonchev–Trinajstić information content (AvgIpc) is 3.24. The molecule has 0 saturated heterocycles. The van der Waals surface area contributed by atoms with Crippen molar-refractivity contribution >= 4 is 5.91 Å². The normalized spacial score (nSPS) is 10.8. The van der Waals surface area contributed by atoms with Gasteiger partial charge in [0.15, 0.2) is 0 Å². The SMILES string of the molecule is Cc1ncc(-c2ccc(C(=O)N(C)C)cc2)nc1-c1nnc(-c2ccc(O)cc2)o1. The molecule has 30 heavy (non-hydrogen) atoms. The molecule has 2 heterocycles. The highest BCUT2D eigenvalue weighted by atomic mass is 16.4. The molecule has 1 amide bonds. The van der Waals surface area contributed by atoms with Crippen LogP contribution >= 0.6 is 0 Å². The Bertz CT molecular complexity index is 1200. The number of carbonyl (C=O) groups excluding carboxylic acids is 1. The number of phenols is 1. The highest BCUT2D eigenvalue weighted by Crippen LogP contribution is 2.27. The first kappa shape index (κ1) is 19.3. The third-order valence-corrected chi connectivity index (χ3v) is 4.53. The van der Waals surface area contributed by atoms with Crippen molar-refractivity contribution < 1.29 is 14.3 Å². The molecule has 0 aliphatic rings. The van der Waals surface area contributed by atoms with Gasteiger partial charge in [-0.05, 0) is 43.3 Å². The van der Waals surface area contributed by atoms with E-state index in [0.29, 0.717) is 34.1 Å². The van der Waals surface area contributed by atoms with Crippen LogP contribution in [-0.2, 0) is 0 Å². The van der Waals surface area contributed by atoms with Crippen LogP contribution in [0.3, 0.4) is 0 Å². The van der Waals surface area contributed by atoms with E-state index in [-0.39, 0.29) is 17.5 Å². The summed E-state index contributed by atoms with van der Waals surface area (Å²) in [6.07, 6.45) is 1.67. The van der Waals surface area contributed by atoms with Gasteiger partial charge in [-0.1, -0.05) is 12.1 Å². The smallest absolute Gasteiger partial charge is 0.268 e. The van der Waals surface area contributed by atoms with E-state index >= 15 is 0 Å². The third-order valence-electron chi connectivity index (χ3n) is 4.53. The maximum absolute atomic E-state index is 12.1. The largest absolute Gasteiger partial charge is 0.508 e. The van der Waals surface area contributed by atoms with E-state index in [4.69, 9.17) is 4.42 Å². The predicted molar refractivity (Wildman–Crippen MR) is 111 cm³/mol. The number of hydrogen-bond acceptors (Lipinski definition) is 7. The van der Waals surface area contributed by atoms with E-state index in [2.05, 4.69) is 20.2 Å². The minimum atomic E-state index is -0.0650. The lowest BCUT2D eigenvalue weighted by molar-refractivity contribution is 0.0827. The maximum atomic E-state index is 12.1. The molecule has 0 unspecified atom stereocenters. The number of phenolic OH excluding ortho intramolecular Hbond substituents is 1. The number of amides is 1. The fourth-order valence-electron chi connectivity index (χ4n) is 2.87. The van der Waals surface area contributed by atoms with E-state index in [1.54, 1.807) is 56.7 Å². The van der Waals surface area contributed by atoms with Gasteiger partial charge in [0.05, 0.1) is 17.6 Å². The van der Waals surface area contributed by atoms with Gasteiger partial charge in [0.1, 0.15) is 11.4 Å². The van der Waals surface area contributed by atoms with Gasteiger partial charge in [-0.2, -0.15) is 0 Å². The van der Waals surface area contributed by atoms with E-state index in [0.717, 1.165) is 5.56 Å². The molecular weight excluding hydrogens is 382 g/mol. The zero-order chi connectivity index (χ0) is 21.3. The topological polar surface area (TPSA) is 105 Å². The number of hydrogen-bond donors (Lipinski definition) is 1. The van der Waals surface area contributed by atoms with Gasteiger partial charge < -0.3 is 14.4 Å². The average molecular weight is 401 g/mol. The molecule has 8 heteroatoms. The number of nitrogens with zero attached hydrogens (tertiary/aromatic N) is 5. The number of aryl methyl sites for hydroxylation is 1. The van der Waals surface area contributed by atoms with Crippen LogP contribution in [0.2, 0.25) is 0 Å². The van der Waals surface area contributed by atoms with Gasteiger partial charge in [-0.3, -0.25) is 9.78 Å². The van der Waals surface area contributed by atoms with Crippen molar-refractivity contribution in [3.63, 3.8) is 0 Å². The van der Waals surface area contributed by atoms with E-state index in [1.165, 1.54) is 4.90 Å². The Balaban J connectivity index is 1.66. The molecule has 0 bridgehead atoms. The standard InChI is InChI=1S/C22H19N5O3/c1-13-19(21-26-25-20(30-21)15-8-10-17(28)11-9-15)24-18(12-23-13)14-4-6-16(7-5-14)22(29)27(2)3/h4-12,28H,1-3H3. The van der Waals surface area contributed by atoms with Gasteiger partial charge >= 0.3 is 0 Å². The minimum absolute atomic E-state index is 0.0650. The van der Waals surface area contributed by atoms with Crippen LogP contribution in [0.1, 0.15) is 16.1 Å². The second-order valence-corrected chi connectivity index (χ2v) is 6.93. The predicted octanol–water partition coefficient (Wildman–Crippen LogP) is 3.58. The maximum Gasteiger partial charge on any atom is 0.268 e. The Kier molecular flexibility index (Phi) is 4.97. The summed E-state index contributed by atoms with van der Waals surface area (Å²) in [5.41, 5.74) is 3.87. The summed E-state index contributed by atoms with van der Waals surface area (Å²) in [6, 6.07) is 13.7. The highest BCUT2D eigenvalue weighted by molar-refractivity contribution is 5.94. The monoisotopic (exact) mass is 401 g/mol. The number of carbonyl (C=O) groups is 1. The number of aromatic nitrogens is 4. The summed E-state index contributed by atoms with van der Waals surface area (Å²) < 4.78 is 5.79. The quantitative estimate of drug-likeness (QED) is 0.557. The molecule has 150 valence electrons. The summed E-state index contributed by atoms with van der Waals surface area (Å²) in [5.74, 6) is 0.670. The summed E-state index contributed by atoms with van der Waals surface area (Å²) >= 11 is 0. The Morgan fingerprint density at radius 1 is 0.933 bits per heavy atom. The van der Waals surface area contributed by atoms with Crippen molar-refractivity contribution in [3.05, 3.63) is 66.0 Å². The van der Waals surface area contributed by atoms with Crippen LogP contribution in [0.5, 0.6) is 5.75 Å². The zero-order valence-electron chi connectivity index (χ0n) is 16.7. The van der Waals surface area contributed by atoms with Gasteiger partial charge in [0.2, 0.25) is 5.89 Å². The first-order chi connectivity index (χ1) is 14.4. The lowest BCUT2D eigenvalue weighted by atomic mass is 10.1. The number of rotatable bonds is 4. The summed E-state index contributed by atoms with van der Waals surface area (Å²) in [5, 5.41) is 17.6. The van der Waals surface area contributed by atoms with Crippen LogP contribution < -0.4 is 0 Å². The van der Waals surface area contributed by atoms with Gasteiger partial charge in [0, 0.05) is 30.8 Å². The highest BCUT2D eigenvalue weighted by Gasteiger charge is 2.16. The molecule has 0 aliphatic heterocycles. The number of benzene rings is 2. The summed E-state index contributed by atoms with van der Waals surface area (Å²) in [7, 11) is 3.43. The molecule has 1 N–H and O–H groups in total. The second-order valence-electron chi connectivity index (χ2n) is 6.93. The van der Waals surface area contributed by atoms with Crippen molar-refractivity contribution in [2.75, 3.05) is 14.1 Å². The molecule has 0 aliphatic carbocycles. The molecule has 8 nitrogen and oxygen atoms in total. The van der Waals surface area contributed by atoms with Crippen LogP contribution in [0.15, 0.2) is 59.1 Å². The third kappa shape index (κ3) is 3.75. The van der Waals surface area contributed by atoms with Gasteiger partial charge in [-0.25, -0.2) is 4.98 Å². The molecule has 0 atom stereocenters.